The van der Waals surface area contributed by atoms with Gasteiger partial charge < -0.3 is 15.6 Å². The Morgan fingerprint density at radius 2 is 1.90 bits per heavy atom. The number of benzene rings is 2. The summed E-state index contributed by atoms with van der Waals surface area (Å²) in [7, 11) is 0. The zero-order valence-electron chi connectivity index (χ0n) is 15.8. The van der Waals surface area contributed by atoms with Gasteiger partial charge in [0.15, 0.2) is 5.78 Å². The summed E-state index contributed by atoms with van der Waals surface area (Å²) in [5.41, 5.74) is 1.03. The first-order valence-electron chi connectivity index (χ1n) is 9.43. The fourth-order valence-electron chi connectivity index (χ4n) is 3.70. The molecule has 0 aliphatic carbocycles. The molecule has 2 heterocycles. The summed E-state index contributed by atoms with van der Waals surface area (Å²) in [6, 6.07) is 11.7. The summed E-state index contributed by atoms with van der Waals surface area (Å²) >= 11 is 0. The Morgan fingerprint density at radius 1 is 1.14 bits per heavy atom. The average Bonchev–Trinajstić information content (AvgIpc) is 2.72. The van der Waals surface area contributed by atoms with E-state index < -0.39 is 17.2 Å². The largest absolute Gasteiger partial charge is 0.381 e. The number of rotatable bonds is 5. The molecule has 0 bridgehead atoms. The second kappa shape index (κ2) is 7.38. The molecule has 1 aliphatic heterocycles. The fraction of sp³-hybridized carbons (Fsp3) is 0.238. The minimum atomic E-state index is -0.756. The Labute approximate surface area is 165 Å². The van der Waals surface area contributed by atoms with Crippen molar-refractivity contribution in [3.8, 4) is 0 Å². The van der Waals surface area contributed by atoms with Gasteiger partial charge in [-0.25, -0.2) is 0 Å². The lowest BCUT2D eigenvalue weighted by atomic mass is 10.0. The van der Waals surface area contributed by atoms with Crippen molar-refractivity contribution in [2.75, 3.05) is 17.2 Å². The zero-order valence-corrected chi connectivity index (χ0v) is 15.8. The lowest BCUT2D eigenvalue weighted by Crippen LogP contribution is -2.43. The molecule has 0 saturated heterocycles. The van der Waals surface area contributed by atoms with Crippen LogP contribution in [0.5, 0.6) is 0 Å². The van der Waals surface area contributed by atoms with E-state index in [2.05, 4.69) is 15.6 Å². The number of carbonyl (C=O) groups is 2. The molecule has 1 amide bonds. The Balaban J connectivity index is 1.78. The van der Waals surface area contributed by atoms with Crippen LogP contribution in [0.2, 0.25) is 0 Å². The van der Waals surface area contributed by atoms with Crippen LogP contribution >= 0.6 is 0 Å². The van der Waals surface area contributed by atoms with E-state index in [-0.39, 0.29) is 24.7 Å². The van der Waals surface area contributed by atoms with Gasteiger partial charge in [0.1, 0.15) is 0 Å². The van der Waals surface area contributed by atoms with Crippen molar-refractivity contribution < 1.29 is 9.59 Å². The number of nitrogens with one attached hydrogen (secondary N) is 3. The molecule has 8 heteroatoms. The number of aromatic nitrogens is 2. The first-order chi connectivity index (χ1) is 14.0. The first kappa shape index (κ1) is 18.7. The molecule has 4 rings (SSSR count). The van der Waals surface area contributed by atoms with Crippen molar-refractivity contribution in [3.63, 3.8) is 0 Å². The second-order valence-corrected chi connectivity index (χ2v) is 6.94. The lowest BCUT2D eigenvalue weighted by molar-refractivity contribution is -0.116. The van der Waals surface area contributed by atoms with Crippen LogP contribution in [0.15, 0.2) is 52.1 Å². The molecule has 29 heavy (non-hydrogen) atoms. The third kappa shape index (κ3) is 3.33. The van der Waals surface area contributed by atoms with E-state index in [1.807, 2.05) is 18.2 Å². The average molecular weight is 392 g/mol. The van der Waals surface area contributed by atoms with E-state index in [0.29, 0.717) is 34.4 Å². The number of ketones is 1. The maximum Gasteiger partial charge on any atom is 0.317 e. The Bertz CT molecular complexity index is 1230. The number of nitrogens with zero attached hydrogens (tertiary/aromatic N) is 1. The number of para-hydroxylation sites is 1. The summed E-state index contributed by atoms with van der Waals surface area (Å²) in [6.45, 7) is 2.01. The van der Waals surface area contributed by atoms with E-state index in [1.54, 1.807) is 31.2 Å². The van der Waals surface area contributed by atoms with Crippen LogP contribution in [0.1, 0.15) is 36.2 Å². The van der Waals surface area contributed by atoms with E-state index >= 15 is 0 Å². The summed E-state index contributed by atoms with van der Waals surface area (Å²) in [6.07, 6.45) is 0.322. The van der Waals surface area contributed by atoms with Gasteiger partial charge in [0.2, 0.25) is 5.91 Å². The summed E-state index contributed by atoms with van der Waals surface area (Å²) in [4.78, 5) is 52.3. The summed E-state index contributed by atoms with van der Waals surface area (Å²) < 4.78 is 1.34. The smallest absolute Gasteiger partial charge is 0.317 e. The third-order valence-corrected chi connectivity index (χ3v) is 5.06. The molecule has 3 aromatic rings. The van der Waals surface area contributed by atoms with Gasteiger partial charge in [-0.15, -0.1) is 0 Å². The minimum Gasteiger partial charge on any atom is -0.381 e. The Hall–Kier alpha value is -3.68. The molecular weight excluding hydrogens is 372 g/mol. The van der Waals surface area contributed by atoms with Crippen molar-refractivity contribution in [2.24, 2.45) is 0 Å². The van der Waals surface area contributed by atoms with Crippen molar-refractivity contribution in [2.45, 2.75) is 25.8 Å². The molecule has 1 atom stereocenters. The highest BCUT2D eigenvalue weighted by Gasteiger charge is 2.28. The Morgan fingerprint density at radius 3 is 2.62 bits per heavy atom. The van der Waals surface area contributed by atoms with Gasteiger partial charge in [0.05, 0.1) is 22.8 Å². The van der Waals surface area contributed by atoms with Crippen LogP contribution in [0.4, 0.5) is 11.4 Å². The van der Waals surface area contributed by atoms with Gasteiger partial charge in [0, 0.05) is 30.6 Å². The normalized spacial score (nSPS) is 15.0. The number of aromatic amines is 1. The number of anilines is 2. The van der Waals surface area contributed by atoms with Crippen LogP contribution < -0.4 is 21.8 Å². The van der Waals surface area contributed by atoms with Gasteiger partial charge in [-0.2, -0.15) is 0 Å². The van der Waals surface area contributed by atoms with E-state index in [9.17, 15) is 19.2 Å². The second-order valence-electron chi connectivity index (χ2n) is 6.94. The SMILES string of the molecule is CCC(=O)c1ccc2[nH]c(=O)c(=O)n3c2c1NCC3CC(=O)Nc1ccccc1. The molecule has 0 fully saturated rings. The van der Waals surface area contributed by atoms with Crippen LogP contribution in [0.25, 0.3) is 11.0 Å². The molecule has 0 spiro atoms. The maximum atomic E-state index is 12.7. The highest BCUT2D eigenvalue weighted by Crippen LogP contribution is 2.32. The van der Waals surface area contributed by atoms with Gasteiger partial charge >= 0.3 is 11.1 Å². The fourth-order valence-corrected chi connectivity index (χ4v) is 3.70. The molecular formula is C21H20N4O4. The van der Waals surface area contributed by atoms with Crippen molar-refractivity contribution in [1.82, 2.24) is 9.55 Å². The van der Waals surface area contributed by atoms with Crippen LogP contribution in [0, 0.1) is 0 Å². The lowest BCUT2D eigenvalue weighted by Gasteiger charge is -2.29. The van der Waals surface area contributed by atoms with Crippen molar-refractivity contribution in [3.05, 3.63) is 68.7 Å². The number of hydrogen-bond donors (Lipinski definition) is 3. The summed E-state index contributed by atoms with van der Waals surface area (Å²) in [5, 5.41) is 5.99. The predicted octanol–water partition coefficient (Wildman–Crippen LogP) is 2.28. The van der Waals surface area contributed by atoms with Gasteiger partial charge in [-0.05, 0) is 24.3 Å². The number of amides is 1. The molecule has 0 saturated carbocycles. The highest BCUT2D eigenvalue weighted by atomic mass is 16.2. The first-order valence-corrected chi connectivity index (χ1v) is 9.43. The predicted molar refractivity (Wildman–Crippen MR) is 111 cm³/mol. The molecule has 1 aliphatic rings. The van der Waals surface area contributed by atoms with E-state index in [4.69, 9.17) is 0 Å². The van der Waals surface area contributed by atoms with Crippen LogP contribution in [0.3, 0.4) is 0 Å². The summed E-state index contributed by atoms with van der Waals surface area (Å²) in [5.74, 6) is -0.340. The molecule has 1 unspecified atom stereocenters. The Kier molecular flexibility index (Phi) is 4.75. The molecule has 2 aromatic carbocycles. The number of Topliss-reactive ketones (excluding diaryl/α,β-unsaturated/α-hetero) is 1. The number of H-pyrrole nitrogens is 1. The van der Waals surface area contributed by atoms with Crippen molar-refractivity contribution >= 4 is 34.1 Å². The van der Waals surface area contributed by atoms with Crippen molar-refractivity contribution in [1.29, 1.82) is 0 Å². The van der Waals surface area contributed by atoms with E-state index in [1.165, 1.54) is 4.57 Å². The zero-order chi connectivity index (χ0) is 20.5. The topological polar surface area (TPSA) is 113 Å². The molecule has 3 N–H and O–H groups in total. The van der Waals surface area contributed by atoms with Gasteiger partial charge in [0.25, 0.3) is 0 Å². The van der Waals surface area contributed by atoms with E-state index in [0.717, 1.165) is 0 Å². The quantitative estimate of drug-likeness (QED) is 0.455. The van der Waals surface area contributed by atoms with Gasteiger partial charge in [-0.3, -0.25) is 23.7 Å². The monoisotopic (exact) mass is 392 g/mol. The van der Waals surface area contributed by atoms with Gasteiger partial charge in [-0.1, -0.05) is 25.1 Å². The standard InChI is InChI=1S/C21H20N4O4/c1-2-16(26)14-8-9-15-19-18(14)22-11-13(25(19)21(29)20(28)24-15)10-17(27)23-12-6-4-3-5-7-12/h3-9,13,22H,2,10-11H2,1H3,(H,23,27)(H,24,28). The molecule has 1 aromatic heterocycles. The maximum absolute atomic E-state index is 12.7. The number of hydrogen-bond acceptors (Lipinski definition) is 5. The van der Waals surface area contributed by atoms with Crippen LogP contribution in [-0.4, -0.2) is 27.8 Å². The highest BCUT2D eigenvalue weighted by molar-refractivity contribution is 6.08. The third-order valence-electron chi connectivity index (χ3n) is 5.06. The minimum absolute atomic E-state index is 0.00570. The molecule has 0 radical (unpaired) electrons. The number of carbonyl (C=O) groups excluding carboxylic acids is 2. The molecule has 148 valence electrons. The van der Waals surface area contributed by atoms with Crippen LogP contribution in [-0.2, 0) is 4.79 Å². The molecule has 8 nitrogen and oxygen atoms in total.